The molecule has 4 aromatic rings. The molecule has 10 heteroatoms. The summed E-state index contributed by atoms with van der Waals surface area (Å²) in [5.74, 6) is -0.617. The smallest absolute Gasteiger partial charge is 0.262 e. The van der Waals surface area contributed by atoms with Crippen LogP contribution in [0.4, 0.5) is 0 Å². The number of likely N-dealkylation sites (tertiary alicyclic amines) is 2. The highest BCUT2D eigenvalue weighted by atomic mass is 16.3. The summed E-state index contributed by atoms with van der Waals surface area (Å²) in [5.41, 5.74) is 1.18. The van der Waals surface area contributed by atoms with Crippen LogP contribution in [-0.4, -0.2) is 72.6 Å². The molecule has 220 valence electrons. The number of carbonyl (C=O) groups is 2. The van der Waals surface area contributed by atoms with Crippen molar-refractivity contribution in [2.75, 3.05) is 26.2 Å². The number of aromatic nitrogens is 3. The second-order valence-corrected chi connectivity index (χ2v) is 11.7. The zero-order valence-electron chi connectivity index (χ0n) is 24.1. The minimum Gasteiger partial charge on any atom is -0.388 e. The lowest BCUT2D eigenvalue weighted by atomic mass is 9.79. The normalized spacial score (nSPS) is 20.1. The van der Waals surface area contributed by atoms with Crippen LogP contribution in [-0.2, 0) is 18.4 Å². The van der Waals surface area contributed by atoms with E-state index in [2.05, 4.69) is 11.1 Å². The summed E-state index contributed by atoms with van der Waals surface area (Å²) in [4.78, 5) is 48.4. The van der Waals surface area contributed by atoms with Crippen molar-refractivity contribution in [3.63, 3.8) is 0 Å². The first-order chi connectivity index (χ1) is 20.8. The maximum atomic E-state index is 14.0. The Morgan fingerprint density at radius 3 is 2.56 bits per heavy atom. The first kappa shape index (κ1) is 28.4. The number of rotatable bonds is 5. The number of fused-ring (bicyclic) bond motifs is 1. The lowest BCUT2D eigenvalue weighted by Gasteiger charge is -2.43. The van der Waals surface area contributed by atoms with Gasteiger partial charge in [0.1, 0.15) is 12.0 Å². The minimum atomic E-state index is -1.13. The zero-order chi connectivity index (χ0) is 30.1. The van der Waals surface area contributed by atoms with Crippen LogP contribution in [0.3, 0.4) is 0 Å². The van der Waals surface area contributed by atoms with Crippen LogP contribution in [0.15, 0.2) is 78.0 Å². The summed E-state index contributed by atoms with van der Waals surface area (Å²) in [6.45, 7) is 1.71. The number of aliphatic hydroxyl groups is 1. The Morgan fingerprint density at radius 2 is 1.81 bits per heavy atom. The number of aryl methyl sites for hydroxylation is 1. The van der Waals surface area contributed by atoms with E-state index in [0.717, 1.165) is 5.56 Å². The highest BCUT2D eigenvalue weighted by Crippen LogP contribution is 2.36. The third kappa shape index (κ3) is 5.56. The molecule has 10 nitrogen and oxygen atoms in total. The fourth-order valence-electron chi connectivity index (χ4n) is 6.52. The van der Waals surface area contributed by atoms with Crippen molar-refractivity contribution in [3.8, 4) is 6.07 Å². The molecule has 2 aromatic carbocycles. The molecule has 2 atom stereocenters. The van der Waals surface area contributed by atoms with Gasteiger partial charge in [-0.2, -0.15) is 5.26 Å². The maximum Gasteiger partial charge on any atom is 0.262 e. The van der Waals surface area contributed by atoms with Crippen molar-refractivity contribution in [2.45, 2.75) is 37.3 Å². The first-order valence-electron chi connectivity index (χ1n) is 14.6. The predicted octanol–water partition coefficient (Wildman–Crippen LogP) is 2.91. The van der Waals surface area contributed by atoms with E-state index in [-0.39, 0.29) is 35.8 Å². The van der Waals surface area contributed by atoms with Crippen LogP contribution in [0.1, 0.15) is 46.7 Å². The van der Waals surface area contributed by atoms with Gasteiger partial charge in [-0.05, 0) is 49.1 Å². The quantitative estimate of drug-likeness (QED) is 0.388. The Hall–Kier alpha value is -4.75. The van der Waals surface area contributed by atoms with Crippen molar-refractivity contribution < 1.29 is 14.7 Å². The average molecular weight is 579 g/mol. The molecule has 0 unspecified atom stereocenters. The number of piperidine rings is 2. The van der Waals surface area contributed by atoms with Gasteiger partial charge in [0.05, 0.1) is 29.2 Å². The molecule has 6 rings (SSSR count). The number of nitriles is 1. The molecule has 0 spiro atoms. The minimum absolute atomic E-state index is 0.0269. The average Bonchev–Trinajstić information content (AvgIpc) is 3.43. The molecule has 0 aliphatic carbocycles. The molecular formula is C33H34N6O4. The molecule has 4 heterocycles. The SMILES string of the molecule is Cn1ccc2c(=O)n(CC3(O)CCN(C(=O)[C@@H]4CCN(C(=O)c5cccc(C#N)c5)C[C@H]4c4ccccc4)CC3)cnc21. The lowest BCUT2D eigenvalue weighted by Crippen LogP contribution is -2.53. The summed E-state index contributed by atoms with van der Waals surface area (Å²) in [7, 11) is 1.83. The number of benzene rings is 2. The van der Waals surface area contributed by atoms with E-state index in [1.165, 1.54) is 10.9 Å². The number of hydrogen-bond acceptors (Lipinski definition) is 6. The van der Waals surface area contributed by atoms with Gasteiger partial charge in [-0.15, -0.1) is 0 Å². The van der Waals surface area contributed by atoms with Gasteiger partial charge < -0.3 is 19.5 Å². The number of carbonyl (C=O) groups excluding carboxylic acids is 2. The van der Waals surface area contributed by atoms with E-state index in [1.54, 1.807) is 46.0 Å². The third-order valence-corrected chi connectivity index (χ3v) is 9.00. The second kappa shape index (κ2) is 11.5. The Morgan fingerprint density at radius 1 is 1.05 bits per heavy atom. The van der Waals surface area contributed by atoms with Crippen molar-refractivity contribution in [1.82, 2.24) is 23.9 Å². The number of nitrogens with zero attached hydrogens (tertiary/aromatic N) is 6. The molecule has 2 saturated heterocycles. The van der Waals surface area contributed by atoms with Crippen LogP contribution in [0.25, 0.3) is 11.0 Å². The van der Waals surface area contributed by atoms with Gasteiger partial charge in [0.25, 0.3) is 11.5 Å². The highest BCUT2D eigenvalue weighted by Gasteiger charge is 2.41. The molecule has 43 heavy (non-hydrogen) atoms. The van der Waals surface area contributed by atoms with Gasteiger partial charge in [0.2, 0.25) is 5.91 Å². The monoisotopic (exact) mass is 578 g/mol. The Labute approximate surface area is 249 Å². The van der Waals surface area contributed by atoms with Gasteiger partial charge >= 0.3 is 0 Å². The van der Waals surface area contributed by atoms with Gasteiger partial charge in [-0.25, -0.2) is 4.98 Å². The second-order valence-electron chi connectivity index (χ2n) is 11.7. The molecule has 2 fully saturated rings. The molecule has 2 amide bonds. The van der Waals surface area contributed by atoms with Crippen molar-refractivity contribution in [2.24, 2.45) is 13.0 Å². The number of hydrogen-bond donors (Lipinski definition) is 1. The van der Waals surface area contributed by atoms with E-state index in [1.807, 2.05) is 42.3 Å². The van der Waals surface area contributed by atoms with Gasteiger partial charge in [0.15, 0.2) is 0 Å². The summed E-state index contributed by atoms with van der Waals surface area (Å²) in [6.07, 6.45) is 4.48. The molecule has 2 aromatic heterocycles. The van der Waals surface area contributed by atoms with Crippen LogP contribution < -0.4 is 5.56 Å². The molecule has 2 aliphatic rings. The van der Waals surface area contributed by atoms with Crippen LogP contribution in [0.2, 0.25) is 0 Å². The molecule has 0 saturated carbocycles. The number of amides is 2. The van der Waals surface area contributed by atoms with Crippen LogP contribution >= 0.6 is 0 Å². The molecule has 0 bridgehead atoms. The third-order valence-electron chi connectivity index (χ3n) is 9.00. The fourth-order valence-corrected chi connectivity index (χ4v) is 6.52. The fraction of sp³-hybridized carbons (Fsp3) is 0.364. The topological polar surface area (TPSA) is 124 Å². The van der Waals surface area contributed by atoms with E-state index in [4.69, 9.17) is 0 Å². The maximum absolute atomic E-state index is 14.0. The van der Waals surface area contributed by atoms with Crippen LogP contribution in [0.5, 0.6) is 0 Å². The first-order valence-corrected chi connectivity index (χ1v) is 14.6. The van der Waals surface area contributed by atoms with E-state index in [9.17, 15) is 24.8 Å². The summed E-state index contributed by atoms with van der Waals surface area (Å²) in [6, 6.07) is 20.3. The van der Waals surface area contributed by atoms with Crippen LogP contribution in [0, 0.1) is 17.2 Å². The van der Waals surface area contributed by atoms with Gasteiger partial charge in [-0.3, -0.25) is 19.0 Å². The summed E-state index contributed by atoms with van der Waals surface area (Å²) < 4.78 is 3.25. The highest BCUT2D eigenvalue weighted by molar-refractivity contribution is 5.95. The van der Waals surface area contributed by atoms with Crippen molar-refractivity contribution in [1.29, 1.82) is 5.26 Å². The standard InChI is InChI=1S/C33H34N6O4/c1-36-14-10-27-29(36)35-22-39(32(27)42)21-33(43)12-16-37(17-13-33)31(41)26-11-15-38(20-28(26)24-7-3-2-4-8-24)30(40)25-9-5-6-23(18-25)19-34/h2-10,14,18,22,26,28,43H,11-13,15-17,20-21H2,1H3/t26-,28+/m1/s1. The Kier molecular flexibility index (Phi) is 7.59. The van der Waals surface area contributed by atoms with E-state index >= 15 is 0 Å². The molecule has 1 N–H and O–H groups in total. The van der Waals surface area contributed by atoms with Gasteiger partial charge in [-0.1, -0.05) is 36.4 Å². The van der Waals surface area contributed by atoms with Crippen molar-refractivity contribution in [3.05, 3.63) is 100 Å². The molecular weight excluding hydrogens is 544 g/mol. The Balaban J connectivity index is 1.16. The summed E-state index contributed by atoms with van der Waals surface area (Å²) >= 11 is 0. The largest absolute Gasteiger partial charge is 0.388 e. The predicted molar refractivity (Wildman–Crippen MR) is 160 cm³/mol. The van der Waals surface area contributed by atoms with Crippen molar-refractivity contribution >= 4 is 22.8 Å². The van der Waals surface area contributed by atoms with E-state index < -0.39 is 5.60 Å². The van der Waals surface area contributed by atoms with Gasteiger partial charge in [0, 0.05) is 56.8 Å². The Bertz CT molecular complexity index is 1760. The lowest BCUT2D eigenvalue weighted by molar-refractivity contribution is -0.142. The van der Waals surface area contributed by atoms with E-state index in [0.29, 0.717) is 67.6 Å². The summed E-state index contributed by atoms with van der Waals surface area (Å²) in [5, 5.41) is 21.2. The molecule has 2 aliphatic heterocycles. The molecule has 0 radical (unpaired) electrons. The zero-order valence-corrected chi connectivity index (χ0v) is 24.1.